The average Bonchev–Trinajstić information content (AvgIpc) is 2.57. The highest BCUT2D eigenvalue weighted by molar-refractivity contribution is 4.81. The minimum absolute atomic E-state index is 0.866. The van der Waals surface area contributed by atoms with Crippen molar-refractivity contribution in [3.8, 4) is 0 Å². The fourth-order valence-corrected chi connectivity index (χ4v) is 3.10. The number of unbranched alkanes of at least 4 members (excludes halogenated alkanes) is 16. The summed E-state index contributed by atoms with van der Waals surface area (Å²) in [6.07, 6.45) is 29.8. The van der Waals surface area contributed by atoms with Gasteiger partial charge >= 0.3 is 0 Å². The molecule has 0 radical (unpaired) electrons. The van der Waals surface area contributed by atoms with E-state index in [4.69, 9.17) is 5.73 Å². The first-order valence-electron chi connectivity index (χ1n) is 10.8. The molecule has 0 unspecified atom stereocenters. The van der Waals surface area contributed by atoms with E-state index in [-0.39, 0.29) is 0 Å². The topological polar surface area (TPSA) is 26.0 Å². The molecule has 0 atom stereocenters. The molecule has 1 heteroatoms. The zero-order chi connectivity index (χ0) is 16.8. The first-order valence-corrected chi connectivity index (χ1v) is 10.8. The first kappa shape index (κ1) is 22.7. The highest BCUT2D eigenvalue weighted by Gasteiger charge is 1.92. The lowest BCUT2D eigenvalue weighted by Crippen LogP contribution is -1.97. The molecule has 0 heterocycles. The Morgan fingerprint density at radius 1 is 0.478 bits per heavy atom. The van der Waals surface area contributed by atoms with Crippen molar-refractivity contribution in [2.24, 2.45) is 5.73 Å². The lowest BCUT2D eigenvalue weighted by atomic mass is 10.1. The summed E-state index contributed by atoms with van der Waals surface area (Å²) in [5.41, 5.74) is 5.50. The molecule has 0 aromatic carbocycles. The van der Waals surface area contributed by atoms with Crippen molar-refractivity contribution in [1.82, 2.24) is 0 Å². The summed E-state index contributed by atoms with van der Waals surface area (Å²) in [6, 6.07) is 0. The quantitative estimate of drug-likeness (QED) is 0.193. The van der Waals surface area contributed by atoms with Gasteiger partial charge in [0.15, 0.2) is 0 Å². The number of hydrogen-bond donors (Lipinski definition) is 1. The van der Waals surface area contributed by atoms with Crippen LogP contribution in [0, 0.1) is 0 Å². The van der Waals surface area contributed by atoms with Gasteiger partial charge in [-0.25, -0.2) is 0 Å². The van der Waals surface area contributed by atoms with Gasteiger partial charge in [-0.15, -0.1) is 0 Å². The minimum atomic E-state index is 0.866. The number of rotatable bonds is 19. The van der Waals surface area contributed by atoms with Crippen molar-refractivity contribution >= 4 is 0 Å². The molecule has 0 fully saturated rings. The fraction of sp³-hybridized carbons (Fsp3) is 0.909. The molecule has 2 N–H and O–H groups in total. The van der Waals surface area contributed by atoms with Gasteiger partial charge in [0.2, 0.25) is 0 Å². The van der Waals surface area contributed by atoms with Crippen LogP contribution in [0.5, 0.6) is 0 Å². The van der Waals surface area contributed by atoms with Gasteiger partial charge in [0, 0.05) is 0 Å². The molecule has 23 heavy (non-hydrogen) atoms. The van der Waals surface area contributed by atoms with Gasteiger partial charge in [-0.3, -0.25) is 0 Å². The third-order valence-corrected chi connectivity index (χ3v) is 4.72. The van der Waals surface area contributed by atoms with Crippen LogP contribution < -0.4 is 5.73 Å². The molecule has 0 aliphatic carbocycles. The Labute approximate surface area is 147 Å². The largest absolute Gasteiger partial charge is 0.330 e. The highest BCUT2D eigenvalue weighted by Crippen LogP contribution is 2.11. The second kappa shape index (κ2) is 21.7. The van der Waals surface area contributed by atoms with E-state index >= 15 is 0 Å². The van der Waals surface area contributed by atoms with Crippen LogP contribution in [0.4, 0.5) is 0 Å². The Kier molecular flexibility index (Phi) is 21.4. The van der Waals surface area contributed by atoms with Crippen LogP contribution in [0.25, 0.3) is 0 Å². The van der Waals surface area contributed by atoms with Gasteiger partial charge in [0.05, 0.1) is 0 Å². The lowest BCUT2D eigenvalue weighted by molar-refractivity contribution is 0.571. The molecule has 0 saturated heterocycles. The Morgan fingerprint density at radius 2 is 0.826 bits per heavy atom. The van der Waals surface area contributed by atoms with E-state index in [0.29, 0.717) is 0 Å². The summed E-state index contributed by atoms with van der Waals surface area (Å²) in [7, 11) is 0. The van der Waals surface area contributed by atoms with Gasteiger partial charge in [0.1, 0.15) is 0 Å². The summed E-state index contributed by atoms with van der Waals surface area (Å²) >= 11 is 0. The smallest absolute Gasteiger partial charge is 0.00773 e. The minimum Gasteiger partial charge on any atom is -0.330 e. The van der Waals surface area contributed by atoms with Crippen LogP contribution in [-0.4, -0.2) is 6.54 Å². The third-order valence-electron chi connectivity index (χ3n) is 4.72. The van der Waals surface area contributed by atoms with Gasteiger partial charge in [-0.2, -0.15) is 0 Å². The zero-order valence-corrected chi connectivity index (χ0v) is 16.2. The summed E-state index contributed by atoms with van der Waals surface area (Å²) < 4.78 is 0. The van der Waals surface area contributed by atoms with Gasteiger partial charge in [-0.1, -0.05) is 103 Å². The van der Waals surface area contributed by atoms with E-state index < -0.39 is 0 Å². The van der Waals surface area contributed by atoms with Crippen LogP contribution in [0.15, 0.2) is 12.2 Å². The number of hydrogen-bond acceptors (Lipinski definition) is 1. The summed E-state index contributed by atoms with van der Waals surface area (Å²) in [6.45, 7) is 3.16. The van der Waals surface area contributed by atoms with E-state index in [1.165, 1.54) is 116 Å². The van der Waals surface area contributed by atoms with Crippen LogP contribution in [0.3, 0.4) is 0 Å². The van der Waals surface area contributed by atoms with E-state index in [1.54, 1.807) is 0 Å². The zero-order valence-electron chi connectivity index (χ0n) is 16.2. The molecular weight excluding hydrogens is 278 g/mol. The Hall–Kier alpha value is -0.300. The maximum Gasteiger partial charge on any atom is -0.00773 e. The maximum atomic E-state index is 5.50. The molecule has 0 aromatic rings. The van der Waals surface area contributed by atoms with Crippen LogP contribution in [0.2, 0.25) is 0 Å². The predicted octanol–water partition coefficient (Wildman–Crippen LogP) is 7.54. The molecule has 0 saturated carbocycles. The summed E-state index contributed by atoms with van der Waals surface area (Å²) in [4.78, 5) is 0. The molecule has 0 aliphatic heterocycles. The van der Waals surface area contributed by atoms with E-state index in [1.807, 2.05) is 0 Å². The SMILES string of the molecule is CCCCCCCCCC/C=C\CCCCCCCCCCN. The summed E-state index contributed by atoms with van der Waals surface area (Å²) in [5, 5.41) is 0. The molecular formula is C22H45N. The van der Waals surface area contributed by atoms with Gasteiger partial charge in [-0.05, 0) is 38.6 Å². The average molecular weight is 324 g/mol. The summed E-state index contributed by atoms with van der Waals surface area (Å²) in [5.74, 6) is 0. The van der Waals surface area contributed by atoms with Crippen molar-refractivity contribution < 1.29 is 0 Å². The molecule has 0 amide bonds. The molecule has 138 valence electrons. The third kappa shape index (κ3) is 21.7. The van der Waals surface area contributed by atoms with Crippen LogP contribution in [0.1, 0.15) is 122 Å². The van der Waals surface area contributed by atoms with E-state index in [2.05, 4.69) is 19.1 Å². The second-order valence-corrected chi connectivity index (χ2v) is 7.14. The molecule has 1 nitrogen and oxygen atoms in total. The molecule has 0 spiro atoms. The van der Waals surface area contributed by atoms with Gasteiger partial charge < -0.3 is 5.73 Å². The van der Waals surface area contributed by atoms with Crippen molar-refractivity contribution in [2.75, 3.05) is 6.54 Å². The van der Waals surface area contributed by atoms with E-state index in [9.17, 15) is 0 Å². The fourth-order valence-electron chi connectivity index (χ4n) is 3.10. The van der Waals surface area contributed by atoms with Crippen molar-refractivity contribution in [3.63, 3.8) is 0 Å². The van der Waals surface area contributed by atoms with E-state index in [0.717, 1.165) is 6.54 Å². The van der Waals surface area contributed by atoms with Crippen molar-refractivity contribution in [2.45, 2.75) is 122 Å². The van der Waals surface area contributed by atoms with Crippen LogP contribution in [-0.2, 0) is 0 Å². The lowest BCUT2D eigenvalue weighted by Gasteiger charge is -2.01. The molecule has 0 aromatic heterocycles. The Bertz CT molecular complexity index is 222. The predicted molar refractivity (Wildman–Crippen MR) is 107 cm³/mol. The maximum absolute atomic E-state index is 5.50. The first-order chi connectivity index (χ1) is 11.4. The van der Waals surface area contributed by atoms with Gasteiger partial charge in [0.25, 0.3) is 0 Å². The number of allylic oxidation sites excluding steroid dienone is 2. The highest BCUT2D eigenvalue weighted by atomic mass is 14.5. The Morgan fingerprint density at radius 3 is 1.22 bits per heavy atom. The normalized spacial score (nSPS) is 11.6. The van der Waals surface area contributed by atoms with Crippen molar-refractivity contribution in [1.29, 1.82) is 0 Å². The standard InChI is InChI=1S/C22H45N/c1-2-3-4-5-6-7-8-9-10-11-12-13-14-15-16-17-18-19-20-21-22-23/h11-12H,2-10,13-23H2,1H3/b12-11-. The number of nitrogens with two attached hydrogens (primary N) is 1. The molecule has 0 aliphatic rings. The van der Waals surface area contributed by atoms with Crippen molar-refractivity contribution in [3.05, 3.63) is 12.2 Å². The Balaban J connectivity index is 3.03. The van der Waals surface area contributed by atoms with Crippen LogP contribution >= 0.6 is 0 Å². The molecule has 0 rings (SSSR count). The molecule has 0 bridgehead atoms. The second-order valence-electron chi connectivity index (χ2n) is 7.14. The monoisotopic (exact) mass is 323 g/mol.